The highest BCUT2D eigenvalue weighted by molar-refractivity contribution is 6.01. The van der Waals surface area contributed by atoms with Crippen molar-refractivity contribution in [3.05, 3.63) is 71.3 Å². The number of piperidine rings is 1. The summed E-state index contributed by atoms with van der Waals surface area (Å²) in [5.41, 5.74) is 1.48. The third-order valence-corrected chi connectivity index (χ3v) is 5.32. The average molecular weight is 530 g/mol. The minimum Gasteiger partial charge on any atom is -1.00 e. The zero-order chi connectivity index (χ0) is 20.9. The summed E-state index contributed by atoms with van der Waals surface area (Å²) >= 11 is 0. The lowest BCUT2D eigenvalue weighted by Crippen LogP contribution is -3.00. The van der Waals surface area contributed by atoms with Crippen molar-refractivity contribution in [2.75, 3.05) is 25.5 Å². The minimum absolute atomic E-state index is 0. The number of quaternary nitrogens is 1. The number of amides is 1. The van der Waals surface area contributed by atoms with E-state index in [0.29, 0.717) is 11.3 Å². The van der Waals surface area contributed by atoms with Crippen molar-refractivity contribution < 1.29 is 46.4 Å². The SMILES string of the molecule is C[N+]1(Cc2ccc(NC(=O)/C=C/c3cccc(C(F)(F)F)c3)cc2)CCCCC1.[I-]. The Morgan fingerprint density at radius 2 is 1.73 bits per heavy atom. The second-order valence-electron chi connectivity index (χ2n) is 7.93. The first-order valence-electron chi connectivity index (χ1n) is 9.82. The zero-order valence-electron chi connectivity index (χ0n) is 16.9. The van der Waals surface area contributed by atoms with Crippen LogP contribution in [0.15, 0.2) is 54.6 Å². The Kier molecular flexibility index (Phi) is 8.49. The van der Waals surface area contributed by atoms with Crippen molar-refractivity contribution in [1.29, 1.82) is 0 Å². The van der Waals surface area contributed by atoms with Crippen molar-refractivity contribution in [3.63, 3.8) is 0 Å². The van der Waals surface area contributed by atoms with Crippen molar-refractivity contribution in [2.24, 2.45) is 0 Å². The van der Waals surface area contributed by atoms with Crippen LogP contribution in [0.4, 0.5) is 18.9 Å². The number of alkyl halides is 3. The lowest BCUT2D eigenvalue weighted by molar-refractivity contribution is -0.926. The molecule has 0 aliphatic carbocycles. The van der Waals surface area contributed by atoms with Crippen LogP contribution in [0.5, 0.6) is 0 Å². The average Bonchev–Trinajstić information content (AvgIpc) is 2.68. The largest absolute Gasteiger partial charge is 1.00 e. The molecule has 1 aliphatic heterocycles. The fourth-order valence-electron chi connectivity index (χ4n) is 3.74. The predicted molar refractivity (Wildman–Crippen MR) is 109 cm³/mol. The molecule has 162 valence electrons. The van der Waals surface area contributed by atoms with Gasteiger partial charge in [0.1, 0.15) is 6.54 Å². The lowest BCUT2D eigenvalue weighted by atomic mass is 10.1. The highest BCUT2D eigenvalue weighted by Gasteiger charge is 2.30. The van der Waals surface area contributed by atoms with E-state index in [0.717, 1.165) is 23.2 Å². The van der Waals surface area contributed by atoms with Crippen LogP contribution in [0.25, 0.3) is 6.08 Å². The summed E-state index contributed by atoms with van der Waals surface area (Å²) in [4.78, 5) is 12.1. The third kappa shape index (κ3) is 7.12. The van der Waals surface area contributed by atoms with Crippen molar-refractivity contribution in [3.8, 4) is 0 Å². The highest BCUT2D eigenvalue weighted by atomic mass is 127. The van der Waals surface area contributed by atoms with Gasteiger partial charge in [-0.25, -0.2) is 0 Å². The number of rotatable bonds is 5. The standard InChI is InChI=1S/C23H25F3N2O.HI/c1-28(14-3-2-4-15-28)17-19-8-11-21(12-9-19)27-22(29)13-10-18-6-5-7-20(16-18)23(24,25)26;/h5-13,16H,2-4,14-15,17H2,1H3;1H/b13-10+;. The summed E-state index contributed by atoms with van der Waals surface area (Å²) in [7, 11) is 2.29. The Morgan fingerprint density at radius 3 is 2.37 bits per heavy atom. The van der Waals surface area contributed by atoms with Gasteiger partial charge in [0.05, 0.1) is 25.7 Å². The summed E-state index contributed by atoms with van der Waals surface area (Å²) < 4.78 is 39.3. The number of likely N-dealkylation sites (tertiary alicyclic amines) is 1. The number of nitrogens with zero attached hydrogens (tertiary/aromatic N) is 1. The van der Waals surface area contributed by atoms with Gasteiger partial charge in [-0.2, -0.15) is 13.2 Å². The molecular formula is C23H26F3IN2O. The molecule has 1 saturated heterocycles. The van der Waals surface area contributed by atoms with Crippen LogP contribution in [-0.4, -0.2) is 30.5 Å². The molecule has 0 aromatic heterocycles. The number of carbonyl (C=O) groups excluding carboxylic acids is 1. The molecule has 0 atom stereocenters. The summed E-state index contributed by atoms with van der Waals surface area (Å²) in [6.45, 7) is 3.36. The van der Waals surface area contributed by atoms with Crippen LogP contribution >= 0.6 is 0 Å². The van der Waals surface area contributed by atoms with Gasteiger partial charge in [0.15, 0.2) is 0 Å². The summed E-state index contributed by atoms with van der Waals surface area (Å²) in [6, 6.07) is 12.6. The van der Waals surface area contributed by atoms with E-state index in [9.17, 15) is 18.0 Å². The summed E-state index contributed by atoms with van der Waals surface area (Å²) in [5.74, 6) is -0.384. The summed E-state index contributed by atoms with van der Waals surface area (Å²) in [6.07, 6.45) is 2.06. The molecule has 1 amide bonds. The molecule has 7 heteroatoms. The maximum atomic E-state index is 12.8. The van der Waals surface area contributed by atoms with Crippen LogP contribution in [-0.2, 0) is 17.5 Å². The monoisotopic (exact) mass is 530 g/mol. The van der Waals surface area contributed by atoms with Gasteiger partial charge in [-0.05, 0) is 55.2 Å². The maximum Gasteiger partial charge on any atom is 0.416 e. The van der Waals surface area contributed by atoms with Gasteiger partial charge >= 0.3 is 6.18 Å². The molecule has 3 nitrogen and oxygen atoms in total. The molecule has 30 heavy (non-hydrogen) atoms. The van der Waals surface area contributed by atoms with E-state index < -0.39 is 11.7 Å². The van der Waals surface area contributed by atoms with Crippen LogP contribution in [0.2, 0.25) is 0 Å². The normalized spacial score (nSPS) is 16.1. The quantitative estimate of drug-likeness (QED) is 0.360. The zero-order valence-corrected chi connectivity index (χ0v) is 19.0. The molecule has 1 N–H and O–H groups in total. The first-order chi connectivity index (χ1) is 13.7. The number of carbonyl (C=O) groups is 1. The van der Waals surface area contributed by atoms with E-state index in [1.165, 1.54) is 62.2 Å². The van der Waals surface area contributed by atoms with Gasteiger partial charge < -0.3 is 33.8 Å². The Balaban J connectivity index is 0.00000320. The second kappa shape index (κ2) is 10.4. The molecule has 0 radical (unpaired) electrons. The Labute approximate surface area is 192 Å². The fourth-order valence-corrected chi connectivity index (χ4v) is 3.74. The van der Waals surface area contributed by atoms with Gasteiger partial charge in [0.2, 0.25) is 5.91 Å². The smallest absolute Gasteiger partial charge is 0.416 e. The molecule has 0 unspecified atom stereocenters. The topological polar surface area (TPSA) is 29.1 Å². The molecule has 1 aliphatic rings. The highest BCUT2D eigenvalue weighted by Crippen LogP contribution is 2.29. The first kappa shape index (κ1) is 24.4. The first-order valence-corrected chi connectivity index (χ1v) is 9.82. The van der Waals surface area contributed by atoms with E-state index in [1.807, 2.05) is 24.3 Å². The molecule has 3 rings (SSSR count). The molecular weight excluding hydrogens is 504 g/mol. The van der Waals surface area contributed by atoms with Gasteiger partial charge in [-0.15, -0.1) is 0 Å². The number of anilines is 1. The minimum atomic E-state index is -4.40. The summed E-state index contributed by atoms with van der Waals surface area (Å²) in [5, 5.41) is 2.74. The molecule has 2 aromatic carbocycles. The van der Waals surface area contributed by atoms with Gasteiger partial charge in [0.25, 0.3) is 0 Å². The van der Waals surface area contributed by atoms with E-state index in [2.05, 4.69) is 12.4 Å². The molecule has 1 fully saturated rings. The van der Waals surface area contributed by atoms with E-state index in [1.54, 1.807) is 0 Å². The van der Waals surface area contributed by atoms with Crippen LogP contribution in [0.1, 0.15) is 36.0 Å². The van der Waals surface area contributed by atoms with Crippen molar-refractivity contribution in [1.82, 2.24) is 0 Å². The number of halogens is 4. The van der Waals surface area contributed by atoms with E-state index >= 15 is 0 Å². The van der Waals surface area contributed by atoms with Crippen molar-refractivity contribution >= 4 is 17.7 Å². The van der Waals surface area contributed by atoms with Crippen LogP contribution in [0, 0.1) is 0 Å². The molecule has 0 saturated carbocycles. The fraction of sp³-hybridized carbons (Fsp3) is 0.348. The Morgan fingerprint density at radius 1 is 1.07 bits per heavy atom. The number of hydrogen-bond acceptors (Lipinski definition) is 1. The van der Waals surface area contributed by atoms with E-state index in [-0.39, 0.29) is 29.9 Å². The number of nitrogens with one attached hydrogen (secondary N) is 1. The molecule has 0 bridgehead atoms. The molecule has 2 aromatic rings. The van der Waals surface area contributed by atoms with Gasteiger partial charge in [-0.1, -0.05) is 24.3 Å². The van der Waals surface area contributed by atoms with Gasteiger partial charge in [0, 0.05) is 17.3 Å². The Hall–Kier alpha value is -1.87. The molecule has 0 spiro atoms. The number of hydrogen-bond donors (Lipinski definition) is 1. The van der Waals surface area contributed by atoms with Crippen LogP contribution < -0.4 is 29.3 Å². The molecule has 1 heterocycles. The second-order valence-corrected chi connectivity index (χ2v) is 7.93. The van der Waals surface area contributed by atoms with E-state index in [4.69, 9.17) is 0 Å². The lowest BCUT2D eigenvalue weighted by Gasteiger charge is -2.37. The Bertz CT molecular complexity index is 873. The van der Waals surface area contributed by atoms with Crippen molar-refractivity contribution in [2.45, 2.75) is 32.0 Å². The third-order valence-electron chi connectivity index (χ3n) is 5.32. The predicted octanol–water partition coefficient (Wildman–Crippen LogP) is 2.49. The number of benzene rings is 2. The van der Waals surface area contributed by atoms with Crippen LogP contribution in [0.3, 0.4) is 0 Å². The maximum absolute atomic E-state index is 12.8. The van der Waals surface area contributed by atoms with Gasteiger partial charge in [-0.3, -0.25) is 4.79 Å².